The zero-order chi connectivity index (χ0) is 16.7. The number of rotatable bonds is 7. The number of methoxy groups -OCH3 is 1. The van der Waals surface area contributed by atoms with E-state index in [2.05, 4.69) is 31.2 Å². The van der Waals surface area contributed by atoms with Gasteiger partial charge < -0.3 is 9.84 Å². The summed E-state index contributed by atoms with van der Waals surface area (Å²) >= 11 is 0. The zero-order valence-corrected chi connectivity index (χ0v) is 14.5. The van der Waals surface area contributed by atoms with Crippen molar-refractivity contribution in [3.8, 4) is 0 Å². The number of carbonyl (C=O) groups excluding carboxylic acids is 1. The third-order valence-electron chi connectivity index (χ3n) is 5.16. The summed E-state index contributed by atoms with van der Waals surface area (Å²) in [6.45, 7) is 2.23. The SMILES string of the molecule is CCCCCCc1ccc(C2(O)CCC(C(=O)OC)CC2)cc1. The van der Waals surface area contributed by atoms with Gasteiger partial charge in [0.1, 0.15) is 0 Å². The topological polar surface area (TPSA) is 46.5 Å². The van der Waals surface area contributed by atoms with Gasteiger partial charge in [-0.05, 0) is 49.7 Å². The quantitative estimate of drug-likeness (QED) is 0.600. The van der Waals surface area contributed by atoms with E-state index in [0.717, 1.165) is 12.0 Å². The number of hydrogen-bond acceptors (Lipinski definition) is 3. The van der Waals surface area contributed by atoms with E-state index in [4.69, 9.17) is 4.74 Å². The van der Waals surface area contributed by atoms with Crippen molar-refractivity contribution in [1.29, 1.82) is 0 Å². The molecule has 3 heteroatoms. The molecule has 0 unspecified atom stereocenters. The molecule has 1 N–H and O–H groups in total. The molecule has 0 saturated heterocycles. The van der Waals surface area contributed by atoms with Crippen molar-refractivity contribution in [2.75, 3.05) is 7.11 Å². The first-order valence-electron chi connectivity index (χ1n) is 8.98. The molecule has 0 radical (unpaired) electrons. The van der Waals surface area contributed by atoms with Crippen molar-refractivity contribution in [2.24, 2.45) is 5.92 Å². The van der Waals surface area contributed by atoms with Gasteiger partial charge >= 0.3 is 5.97 Å². The van der Waals surface area contributed by atoms with Gasteiger partial charge in [0.05, 0.1) is 18.6 Å². The molecule has 1 saturated carbocycles. The molecule has 1 fully saturated rings. The van der Waals surface area contributed by atoms with Gasteiger partial charge in [0.25, 0.3) is 0 Å². The number of benzene rings is 1. The Morgan fingerprint density at radius 2 is 1.83 bits per heavy atom. The molecule has 1 aliphatic rings. The van der Waals surface area contributed by atoms with Crippen LogP contribution in [0.4, 0.5) is 0 Å². The summed E-state index contributed by atoms with van der Waals surface area (Å²) in [5, 5.41) is 10.9. The van der Waals surface area contributed by atoms with E-state index >= 15 is 0 Å². The maximum atomic E-state index is 11.6. The molecule has 0 bridgehead atoms. The van der Waals surface area contributed by atoms with Crippen molar-refractivity contribution in [1.82, 2.24) is 0 Å². The third kappa shape index (κ3) is 4.81. The van der Waals surface area contributed by atoms with E-state index in [0.29, 0.717) is 25.7 Å². The van der Waals surface area contributed by atoms with Crippen molar-refractivity contribution in [2.45, 2.75) is 70.3 Å². The lowest BCUT2D eigenvalue weighted by Gasteiger charge is -2.35. The van der Waals surface area contributed by atoms with Crippen LogP contribution < -0.4 is 0 Å². The number of ether oxygens (including phenoxy) is 1. The van der Waals surface area contributed by atoms with Gasteiger partial charge in [-0.25, -0.2) is 0 Å². The van der Waals surface area contributed by atoms with Gasteiger partial charge in [0.15, 0.2) is 0 Å². The Hall–Kier alpha value is -1.35. The van der Waals surface area contributed by atoms with Gasteiger partial charge in [-0.15, -0.1) is 0 Å². The standard InChI is InChI=1S/C20H30O3/c1-3-4-5-6-7-16-8-10-18(11-9-16)20(22)14-12-17(13-15-20)19(21)23-2/h8-11,17,22H,3-7,12-15H2,1-2H3. The molecule has 0 heterocycles. The van der Waals surface area contributed by atoms with Gasteiger partial charge in [-0.1, -0.05) is 50.5 Å². The molecular weight excluding hydrogens is 288 g/mol. The van der Waals surface area contributed by atoms with Crippen molar-refractivity contribution >= 4 is 5.97 Å². The molecule has 0 atom stereocenters. The highest BCUT2D eigenvalue weighted by atomic mass is 16.5. The lowest BCUT2D eigenvalue weighted by Crippen LogP contribution is -2.34. The van der Waals surface area contributed by atoms with Crippen LogP contribution in [0.5, 0.6) is 0 Å². The number of aryl methyl sites for hydroxylation is 1. The van der Waals surface area contributed by atoms with Gasteiger partial charge in [-0.2, -0.15) is 0 Å². The zero-order valence-electron chi connectivity index (χ0n) is 14.5. The number of aliphatic hydroxyl groups is 1. The Kier molecular flexibility index (Phi) is 6.64. The van der Waals surface area contributed by atoms with Crippen LogP contribution in [0.2, 0.25) is 0 Å². The number of carbonyl (C=O) groups is 1. The molecule has 0 aromatic heterocycles. The summed E-state index contributed by atoms with van der Waals surface area (Å²) in [6, 6.07) is 8.42. The monoisotopic (exact) mass is 318 g/mol. The van der Waals surface area contributed by atoms with Crippen LogP contribution in [0.15, 0.2) is 24.3 Å². The van der Waals surface area contributed by atoms with E-state index in [1.165, 1.54) is 38.4 Å². The third-order valence-corrected chi connectivity index (χ3v) is 5.16. The highest BCUT2D eigenvalue weighted by molar-refractivity contribution is 5.72. The van der Waals surface area contributed by atoms with Gasteiger partial charge in [0.2, 0.25) is 0 Å². The Morgan fingerprint density at radius 3 is 2.39 bits per heavy atom. The van der Waals surface area contributed by atoms with Crippen LogP contribution in [0, 0.1) is 5.92 Å². The fourth-order valence-corrected chi connectivity index (χ4v) is 3.52. The van der Waals surface area contributed by atoms with E-state index in [-0.39, 0.29) is 11.9 Å². The number of hydrogen-bond donors (Lipinski definition) is 1. The number of unbranched alkanes of at least 4 members (excludes halogenated alkanes) is 3. The summed E-state index contributed by atoms with van der Waals surface area (Å²) in [7, 11) is 1.43. The minimum Gasteiger partial charge on any atom is -0.469 e. The summed E-state index contributed by atoms with van der Waals surface area (Å²) in [6.07, 6.45) is 8.85. The van der Waals surface area contributed by atoms with Crippen molar-refractivity contribution in [3.63, 3.8) is 0 Å². The minimum absolute atomic E-state index is 0.0573. The van der Waals surface area contributed by atoms with E-state index < -0.39 is 5.60 Å². The van der Waals surface area contributed by atoms with Crippen LogP contribution in [-0.4, -0.2) is 18.2 Å². The fourth-order valence-electron chi connectivity index (χ4n) is 3.52. The van der Waals surface area contributed by atoms with E-state index in [1.54, 1.807) is 0 Å². The second kappa shape index (κ2) is 8.49. The Bertz CT molecular complexity index is 484. The summed E-state index contributed by atoms with van der Waals surface area (Å²) in [5.74, 6) is -0.201. The Labute approximate surface area is 140 Å². The highest BCUT2D eigenvalue weighted by Gasteiger charge is 2.37. The first-order valence-corrected chi connectivity index (χ1v) is 8.98. The summed E-state index contributed by atoms with van der Waals surface area (Å²) < 4.78 is 4.81. The summed E-state index contributed by atoms with van der Waals surface area (Å²) in [5.41, 5.74) is 1.54. The maximum absolute atomic E-state index is 11.6. The first-order chi connectivity index (χ1) is 11.1. The smallest absolute Gasteiger partial charge is 0.308 e. The Balaban J connectivity index is 1.90. The molecule has 0 spiro atoms. The van der Waals surface area contributed by atoms with Crippen LogP contribution in [0.25, 0.3) is 0 Å². The lowest BCUT2D eigenvalue weighted by atomic mass is 9.75. The van der Waals surface area contributed by atoms with Crippen molar-refractivity contribution in [3.05, 3.63) is 35.4 Å². The first kappa shape index (κ1) is 18.0. The second-order valence-corrected chi connectivity index (χ2v) is 6.84. The normalized spacial score (nSPS) is 24.4. The van der Waals surface area contributed by atoms with E-state index in [9.17, 15) is 9.90 Å². The molecule has 1 aromatic rings. The van der Waals surface area contributed by atoms with Gasteiger partial charge in [-0.3, -0.25) is 4.79 Å². The van der Waals surface area contributed by atoms with Crippen LogP contribution in [-0.2, 0) is 21.6 Å². The molecule has 1 aliphatic carbocycles. The maximum Gasteiger partial charge on any atom is 0.308 e. The summed E-state index contributed by atoms with van der Waals surface area (Å²) in [4.78, 5) is 11.6. The largest absolute Gasteiger partial charge is 0.469 e. The molecule has 23 heavy (non-hydrogen) atoms. The highest BCUT2D eigenvalue weighted by Crippen LogP contribution is 2.39. The lowest BCUT2D eigenvalue weighted by molar-refractivity contribution is -0.148. The molecule has 0 aliphatic heterocycles. The molecule has 0 amide bonds. The van der Waals surface area contributed by atoms with Crippen LogP contribution >= 0.6 is 0 Å². The average molecular weight is 318 g/mol. The number of esters is 1. The predicted octanol–water partition coefficient (Wildman–Crippen LogP) is 4.36. The second-order valence-electron chi connectivity index (χ2n) is 6.84. The van der Waals surface area contributed by atoms with E-state index in [1.807, 2.05) is 0 Å². The molecule has 2 rings (SSSR count). The molecule has 128 valence electrons. The Morgan fingerprint density at radius 1 is 1.17 bits per heavy atom. The average Bonchev–Trinajstić information content (AvgIpc) is 2.59. The molecular formula is C20H30O3. The van der Waals surface area contributed by atoms with Crippen LogP contribution in [0.3, 0.4) is 0 Å². The van der Waals surface area contributed by atoms with Crippen LogP contribution in [0.1, 0.15) is 69.4 Å². The fraction of sp³-hybridized carbons (Fsp3) is 0.650. The minimum atomic E-state index is -0.786. The van der Waals surface area contributed by atoms with Crippen molar-refractivity contribution < 1.29 is 14.6 Å². The van der Waals surface area contributed by atoms with Gasteiger partial charge in [0, 0.05) is 0 Å². The molecule has 3 nitrogen and oxygen atoms in total. The predicted molar refractivity (Wildman–Crippen MR) is 92.2 cm³/mol. The molecule has 1 aromatic carbocycles.